The molecule has 4 heterocycles. The van der Waals surface area contributed by atoms with Gasteiger partial charge in [-0.3, -0.25) is 24.1 Å². The summed E-state index contributed by atoms with van der Waals surface area (Å²) in [6.07, 6.45) is 3.06. The fourth-order valence-electron chi connectivity index (χ4n) is 6.06. The summed E-state index contributed by atoms with van der Waals surface area (Å²) in [6.45, 7) is 2.44. The Labute approximate surface area is 225 Å². The molecule has 0 unspecified atom stereocenters. The zero-order chi connectivity index (χ0) is 26.4. The number of piperidine rings is 2. The molecule has 3 aromatic rings. The van der Waals surface area contributed by atoms with E-state index in [0.29, 0.717) is 43.0 Å². The molecule has 3 aliphatic heterocycles. The van der Waals surface area contributed by atoms with Crippen molar-refractivity contribution in [3.8, 4) is 0 Å². The summed E-state index contributed by atoms with van der Waals surface area (Å²) in [5.41, 5.74) is 7.08. The minimum Gasteiger partial charge on any atom is -0.370 e. The lowest BCUT2D eigenvalue weighted by Crippen LogP contribution is -2.49. The van der Waals surface area contributed by atoms with Crippen molar-refractivity contribution in [2.75, 3.05) is 31.1 Å². The van der Waals surface area contributed by atoms with Crippen molar-refractivity contribution < 1.29 is 19.2 Å². The average molecular weight is 531 g/mol. The molecule has 2 aromatic carbocycles. The molecule has 196 valence electrons. The number of anilines is 1. The highest BCUT2D eigenvalue weighted by Gasteiger charge is 2.40. The number of primary amides is 1. The van der Waals surface area contributed by atoms with E-state index in [4.69, 9.17) is 5.73 Å². The zero-order valence-electron chi connectivity index (χ0n) is 21.1. The Morgan fingerprint density at radius 3 is 2.53 bits per heavy atom. The zero-order valence-corrected chi connectivity index (χ0v) is 21.9. The molecule has 4 amide bonds. The van der Waals surface area contributed by atoms with Gasteiger partial charge in [0.15, 0.2) is 0 Å². The summed E-state index contributed by atoms with van der Waals surface area (Å²) in [7, 11) is 0. The molecule has 1 aromatic heterocycles. The van der Waals surface area contributed by atoms with Crippen LogP contribution in [0.3, 0.4) is 0 Å². The van der Waals surface area contributed by atoms with Gasteiger partial charge in [-0.25, -0.2) is 0 Å². The molecule has 2 N–H and O–H groups in total. The van der Waals surface area contributed by atoms with Crippen LogP contribution in [0.15, 0.2) is 48.5 Å². The number of benzene rings is 2. The summed E-state index contributed by atoms with van der Waals surface area (Å²) in [6, 6.07) is 15.5. The van der Waals surface area contributed by atoms with Gasteiger partial charge in [0.1, 0.15) is 0 Å². The van der Waals surface area contributed by atoms with Crippen LogP contribution >= 0.6 is 11.3 Å². The number of thiophene rings is 1. The molecule has 2 atom stereocenters. The number of hydrogen-bond acceptors (Lipinski definition) is 6. The van der Waals surface area contributed by atoms with Gasteiger partial charge in [0.2, 0.25) is 11.8 Å². The van der Waals surface area contributed by atoms with E-state index in [2.05, 4.69) is 4.90 Å². The molecule has 2 saturated heterocycles. The molecule has 3 aliphatic rings. The van der Waals surface area contributed by atoms with Crippen molar-refractivity contribution >= 4 is 50.7 Å². The van der Waals surface area contributed by atoms with E-state index in [0.717, 1.165) is 40.6 Å². The van der Waals surface area contributed by atoms with Crippen molar-refractivity contribution in [1.29, 1.82) is 0 Å². The van der Waals surface area contributed by atoms with Gasteiger partial charge < -0.3 is 15.5 Å². The predicted molar refractivity (Wildman–Crippen MR) is 146 cm³/mol. The first-order valence-corrected chi connectivity index (χ1v) is 14.0. The third kappa shape index (κ3) is 4.34. The van der Waals surface area contributed by atoms with E-state index in [9.17, 15) is 19.2 Å². The van der Waals surface area contributed by atoms with Gasteiger partial charge in [-0.2, -0.15) is 0 Å². The first-order chi connectivity index (χ1) is 18.4. The summed E-state index contributed by atoms with van der Waals surface area (Å²) in [5, 5.41) is 1.10. The number of hydrogen-bond donors (Lipinski definition) is 1. The number of nitrogens with two attached hydrogens (primary N) is 1. The van der Waals surface area contributed by atoms with Crippen molar-refractivity contribution in [3.63, 3.8) is 0 Å². The number of likely N-dealkylation sites (tertiary alicyclic amines) is 1. The molecule has 6 rings (SSSR count). The van der Waals surface area contributed by atoms with Crippen LogP contribution in [0.4, 0.5) is 5.69 Å². The minimum absolute atomic E-state index is 0.0435. The largest absolute Gasteiger partial charge is 0.370 e. The Bertz CT molecular complexity index is 1420. The number of carbonyl (C=O) groups excluding carboxylic acids is 4. The summed E-state index contributed by atoms with van der Waals surface area (Å²) in [4.78, 5) is 58.2. The molecule has 0 radical (unpaired) electrons. The number of amides is 4. The maximum atomic E-state index is 13.6. The van der Waals surface area contributed by atoms with Crippen molar-refractivity contribution in [3.05, 3.63) is 64.5 Å². The SMILES string of the molecule is NC(=O)[C@H]1CCCN(C(=O)[C@H]2CCCN(c3cccc4c3C(=O)N(Cc3cc5ccccc5s3)C4=O)C2)C1. The van der Waals surface area contributed by atoms with Crippen LogP contribution in [0.2, 0.25) is 0 Å². The van der Waals surface area contributed by atoms with Gasteiger partial charge in [-0.1, -0.05) is 24.3 Å². The topological polar surface area (TPSA) is 104 Å². The van der Waals surface area contributed by atoms with Gasteiger partial charge >= 0.3 is 0 Å². The molecule has 38 heavy (non-hydrogen) atoms. The lowest BCUT2D eigenvalue weighted by molar-refractivity contribution is -0.139. The molecular weight excluding hydrogens is 500 g/mol. The molecule has 0 aliphatic carbocycles. The second kappa shape index (κ2) is 9.87. The standard InChI is InChI=1S/C29H30N4O4S/c30-26(34)19-7-4-13-32(15-19)27(35)20-8-5-12-31(16-20)23-10-3-9-22-25(23)29(37)33(28(22)36)17-21-14-18-6-1-2-11-24(18)38-21/h1-3,6,9-11,14,19-20H,4-5,7-8,12-13,15-17H2,(H2,30,34)/t19-,20-/m0/s1. The van der Waals surface area contributed by atoms with Gasteiger partial charge in [0, 0.05) is 35.8 Å². The van der Waals surface area contributed by atoms with Gasteiger partial charge in [0.25, 0.3) is 11.8 Å². The average Bonchev–Trinajstić information content (AvgIpc) is 3.47. The number of nitrogens with zero attached hydrogens (tertiary/aromatic N) is 3. The van der Waals surface area contributed by atoms with Crippen molar-refractivity contribution in [2.45, 2.75) is 32.2 Å². The van der Waals surface area contributed by atoms with E-state index in [1.165, 1.54) is 4.90 Å². The number of rotatable bonds is 5. The first kappa shape index (κ1) is 24.6. The normalized spacial score (nSPS) is 21.7. The van der Waals surface area contributed by atoms with Crippen LogP contribution in [0.25, 0.3) is 10.1 Å². The second-order valence-electron chi connectivity index (χ2n) is 10.5. The highest BCUT2D eigenvalue weighted by Crippen LogP contribution is 2.36. The van der Waals surface area contributed by atoms with Gasteiger partial charge in [-0.15, -0.1) is 11.3 Å². The highest BCUT2D eigenvalue weighted by molar-refractivity contribution is 7.19. The van der Waals surface area contributed by atoms with Crippen LogP contribution in [0, 0.1) is 11.8 Å². The van der Waals surface area contributed by atoms with Crippen LogP contribution in [-0.2, 0) is 16.1 Å². The molecule has 9 heteroatoms. The van der Waals surface area contributed by atoms with E-state index < -0.39 is 0 Å². The smallest absolute Gasteiger partial charge is 0.264 e. The van der Waals surface area contributed by atoms with E-state index in [1.807, 2.05) is 42.5 Å². The van der Waals surface area contributed by atoms with Crippen molar-refractivity contribution in [2.24, 2.45) is 17.6 Å². The quantitative estimate of drug-likeness (QED) is 0.508. The predicted octanol–water partition coefficient (Wildman–Crippen LogP) is 3.64. The fourth-order valence-corrected chi connectivity index (χ4v) is 7.11. The van der Waals surface area contributed by atoms with E-state index >= 15 is 0 Å². The maximum absolute atomic E-state index is 13.6. The molecular formula is C29H30N4O4S. The minimum atomic E-state index is -0.351. The summed E-state index contributed by atoms with van der Waals surface area (Å²) < 4.78 is 1.12. The number of fused-ring (bicyclic) bond motifs is 2. The Morgan fingerprint density at radius 2 is 1.71 bits per heavy atom. The third-order valence-electron chi connectivity index (χ3n) is 8.01. The highest BCUT2D eigenvalue weighted by atomic mass is 32.1. The Kier molecular flexibility index (Phi) is 6.39. The number of imide groups is 1. The fraction of sp³-hybridized carbons (Fsp3) is 0.379. The Balaban J connectivity index is 1.21. The lowest BCUT2D eigenvalue weighted by atomic mass is 9.92. The monoisotopic (exact) mass is 530 g/mol. The molecule has 8 nitrogen and oxygen atoms in total. The lowest BCUT2D eigenvalue weighted by Gasteiger charge is -2.38. The van der Waals surface area contributed by atoms with Crippen LogP contribution in [0.5, 0.6) is 0 Å². The van der Waals surface area contributed by atoms with Crippen LogP contribution < -0.4 is 10.6 Å². The van der Waals surface area contributed by atoms with Gasteiger partial charge in [-0.05, 0) is 55.3 Å². The molecule has 2 fully saturated rings. The Hall–Kier alpha value is -3.72. The van der Waals surface area contributed by atoms with E-state index in [-0.39, 0.29) is 42.0 Å². The van der Waals surface area contributed by atoms with Crippen LogP contribution in [0.1, 0.15) is 51.3 Å². The number of carbonyl (C=O) groups is 4. The molecule has 0 spiro atoms. The summed E-state index contributed by atoms with van der Waals surface area (Å²) in [5.74, 6) is -1.39. The second-order valence-corrected chi connectivity index (χ2v) is 11.6. The van der Waals surface area contributed by atoms with E-state index in [1.54, 1.807) is 22.3 Å². The van der Waals surface area contributed by atoms with Crippen LogP contribution in [-0.4, -0.2) is 59.6 Å². The summed E-state index contributed by atoms with van der Waals surface area (Å²) >= 11 is 1.59. The maximum Gasteiger partial charge on any atom is 0.264 e. The molecule has 0 saturated carbocycles. The van der Waals surface area contributed by atoms with Crippen molar-refractivity contribution in [1.82, 2.24) is 9.80 Å². The first-order valence-electron chi connectivity index (χ1n) is 13.2. The van der Waals surface area contributed by atoms with Gasteiger partial charge in [0.05, 0.1) is 35.2 Å². The third-order valence-corrected chi connectivity index (χ3v) is 9.12. The molecule has 0 bridgehead atoms. The Morgan fingerprint density at radius 1 is 0.921 bits per heavy atom.